The molecule has 2 aromatic rings. The number of nitrogens with zero attached hydrogens (tertiary/aromatic N) is 3. The number of amides is 2. The largest absolute Gasteiger partial charge is 0.378 e. The Bertz CT molecular complexity index is 711. The zero-order valence-corrected chi connectivity index (χ0v) is 11.9. The molecule has 3 rings (SSSR count). The van der Waals surface area contributed by atoms with Crippen molar-refractivity contribution >= 4 is 17.5 Å². The lowest BCUT2D eigenvalue weighted by Crippen LogP contribution is -2.29. The van der Waals surface area contributed by atoms with Gasteiger partial charge in [0.05, 0.1) is 23.4 Å². The topological polar surface area (TPSA) is 53.5 Å². The van der Waals surface area contributed by atoms with Crippen LogP contribution in [-0.2, 0) is 6.54 Å². The maximum atomic E-state index is 12.4. The Hall–Kier alpha value is -2.69. The SMILES string of the molecule is CN(C)c1ccc2c(c1)C(=O)N(Cc1ccccn1)C2=O. The summed E-state index contributed by atoms with van der Waals surface area (Å²) < 4.78 is 0. The van der Waals surface area contributed by atoms with Crippen molar-refractivity contribution in [1.29, 1.82) is 0 Å². The van der Waals surface area contributed by atoms with E-state index in [2.05, 4.69) is 4.98 Å². The van der Waals surface area contributed by atoms with Crippen LogP contribution in [-0.4, -0.2) is 35.8 Å². The number of pyridine rings is 1. The van der Waals surface area contributed by atoms with Crippen molar-refractivity contribution in [3.63, 3.8) is 0 Å². The number of imide groups is 1. The number of hydrogen-bond acceptors (Lipinski definition) is 4. The molecule has 0 saturated carbocycles. The van der Waals surface area contributed by atoms with E-state index in [1.807, 2.05) is 31.1 Å². The van der Waals surface area contributed by atoms with Crippen molar-refractivity contribution in [2.45, 2.75) is 6.54 Å². The zero-order valence-electron chi connectivity index (χ0n) is 11.9. The van der Waals surface area contributed by atoms with Crippen LogP contribution in [0.1, 0.15) is 26.4 Å². The Morgan fingerprint density at radius 3 is 2.48 bits per heavy atom. The summed E-state index contributed by atoms with van der Waals surface area (Å²) in [4.78, 5) is 32.1. The van der Waals surface area contributed by atoms with Gasteiger partial charge < -0.3 is 4.90 Å². The maximum Gasteiger partial charge on any atom is 0.261 e. The van der Waals surface area contributed by atoms with Crippen molar-refractivity contribution in [3.05, 3.63) is 59.4 Å². The second kappa shape index (κ2) is 5.01. The second-order valence-corrected chi connectivity index (χ2v) is 5.14. The van der Waals surface area contributed by atoms with Crippen LogP contribution < -0.4 is 4.90 Å². The molecule has 0 bridgehead atoms. The quantitative estimate of drug-likeness (QED) is 0.807. The smallest absolute Gasteiger partial charge is 0.261 e. The maximum absolute atomic E-state index is 12.4. The van der Waals surface area contributed by atoms with E-state index in [9.17, 15) is 9.59 Å². The molecule has 0 spiro atoms. The van der Waals surface area contributed by atoms with Crippen molar-refractivity contribution in [2.75, 3.05) is 19.0 Å². The van der Waals surface area contributed by atoms with E-state index in [0.717, 1.165) is 5.69 Å². The van der Waals surface area contributed by atoms with Crippen LogP contribution in [0, 0.1) is 0 Å². The number of anilines is 1. The van der Waals surface area contributed by atoms with E-state index in [1.165, 1.54) is 4.90 Å². The van der Waals surface area contributed by atoms with Crippen molar-refractivity contribution < 1.29 is 9.59 Å². The molecule has 0 fully saturated rings. The van der Waals surface area contributed by atoms with Crippen LogP contribution >= 0.6 is 0 Å². The van der Waals surface area contributed by atoms with Crippen LogP contribution in [0.15, 0.2) is 42.6 Å². The Morgan fingerprint density at radius 1 is 1.05 bits per heavy atom. The van der Waals surface area contributed by atoms with Gasteiger partial charge in [-0.25, -0.2) is 0 Å². The monoisotopic (exact) mass is 281 g/mol. The fourth-order valence-corrected chi connectivity index (χ4v) is 2.35. The number of carbonyl (C=O) groups excluding carboxylic acids is 2. The number of benzene rings is 1. The Morgan fingerprint density at radius 2 is 1.81 bits per heavy atom. The van der Waals surface area contributed by atoms with E-state index >= 15 is 0 Å². The lowest BCUT2D eigenvalue weighted by Gasteiger charge is -2.13. The van der Waals surface area contributed by atoms with Crippen molar-refractivity contribution in [1.82, 2.24) is 9.88 Å². The van der Waals surface area contributed by atoms with Crippen LogP contribution in [0.25, 0.3) is 0 Å². The standard InChI is InChI=1S/C16H15N3O2/c1-18(2)12-6-7-13-14(9-12)16(21)19(15(13)20)10-11-5-3-4-8-17-11/h3-9H,10H2,1-2H3. The molecule has 0 unspecified atom stereocenters. The van der Waals surface area contributed by atoms with Crippen LogP contribution in [0.5, 0.6) is 0 Å². The van der Waals surface area contributed by atoms with Gasteiger partial charge in [0.15, 0.2) is 0 Å². The fourth-order valence-electron chi connectivity index (χ4n) is 2.35. The number of fused-ring (bicyclic) bond motifs is 1. The molecule has 0 aliphatic carbocycles. The van der Waals surface area contributed by atoms with Gasteiger partial charge in [-0.2, -0.15) is 0 Å². The third-order valence-electron chi connectivity index (χ3n) is 3.52. The van der Waals surface area contributed by atoms with Gasteiger partial charge >= 0.3 is 0 Å². The third-order valence-corrected chi connectivity index (χ3v) is 3.52. The number of rotatable bonds is 3. The highest BCUT2D eigenvalue weighted by Gasteiger charge is 2.35. The third kappa shape index (κ3) is 2.27. The average Bonchev–Trinajstić information content (AvgIpc) is 2.73. The molecule has 0 radical (unpaired) electrons. The first-order chi connectivity index (χ1) is 10.1. The van der Waals surface area contributed by atoms with E-state index in [1.54, 1.807) is 30.5 Å². The summed E-state index contributed by atoms with van der Waals surface area (Å²) in [5.41, 5.74) is 2.51. The zero-order chi connectivity index (χ0) is 15.0. The predicted octanol–water partition coefficient (Wildman–Crippen LogP) is 1.94. The first-order valence-corrected chi connectivity index (χ1v) is 6.65. The molecule has 5 nitrogen and oxygen atoms in total. The number of hydrogen-bond donors (Lipinski definition) is 0. The van der Waals surface area contributed by atoms with Crippen LogP contribution in [0.4, 0.5) is 5.69 Å². The molecular weight excluding hydrogens is 266 g/mol. The predicted molar refractivity (Wildman–Crippen MR) is 79.2 cm³/mol. The summed E-state index contributed by atoms with van der Waals surface area (Å²) in [7, 11) is 3.79. The van der Waals surface area contributed by atoms with Gasteiger partial charge in [0.25, 0.3) is 11.8 Å². The normalized spacial score (nSPS) is 13.5. The molecule has 1 aliphatic heterocycles. The molecule has 0 N–H and O–H groups in total. The number of carbonyl (C=O) groups is 2. The first kappa shape index (κ1) is 13.3. The summed E-state index contributed by atoms with van der Waals surface area (Å²) in [6, 6.07) is 10.8. The molecule has 0 saturated heterocycles. The van der Waals surface area contributed by atoms with Crippen LogP contribution in [0.3, 0.4) is 0 Å². The highest BCUT2D eigenvalue weighted by molar-refractivity contribution is 6.21. The minimum atomic E-state index is -0.260. The lowest BCUT2D eigenvalue weighted by molar-refractivity contribution is 0.0640. The van der Waals surface area contributed by atoms with Gasteiger partial charge in [-0.05, 0) is 30.3 Å². The first-order valence-electron chi connectivity index (χ1n) is 6.65. The van der Waals surface area contributed by atoms with Crippen molar-refractivity contribution in [3.8, 4) is 0 Å². The average molecular weight is 281 g/mol. The molecule has 2 heterocycles. The molecule has 0 atom stereocenters. The summed E-state index contributed by atoms with van der Waals surface area (Å²) in [6.45, 7) is 0.199. The van der Waals surface area contributed by atoms with Crippen LogP contribution in [0.2, 0.25) is 0 Å². The van der Waals surface area contributed by atoms with Crippen molar-refractivity contribution in [2.24, 2.45) is 0 Å². The molecule has 2 amide bonds. The molecule has 106 valence electrons. The highest BCUT2D eigenvalue weighted by atomic mass is 16.2. The Kier molecular flexibility index (Phi) is 3.17. The van der Waals surface area contributed by atoms with E-state index in [-0.39, 0.29) is 18.4 Å². The van der Waals surface area contributed by atoms with Gasteiger partial charge in [0.2, 0.25) is 0 Å². The fraction of sp³-hybridized carbons (Fsp3) is 0.188. The van der Waals surface area contributed by atoms with Gasteiger partial charge in [-0.3, -0.25) is 19.5 Å². The Balaban J connectivity index is 1.93. The minimum Gasteiger partial charge on any atom is -0.378 e. The van der Waals surface area contributed by atoms with Gasteiger partial charge in [-0.1, -0.05) is 6.07 Å². The highest BCUT2D eigenvalue weighted by Crippen LogP contribution is 2.27. The lowest BCUT2D eigenvalue weighted by atomic mass is 10.1. The van der Waals surface area contributed by atoms with Gasteiger partial charge in [0, 0.05) is 26.0 Å². The second-order valence-electron chi connectivity index (χ2n) is 5.14. The molecule has 1 aromatic carbocycles. The van der Waals surface area contributed by atoms with E-state index in [4.69, 9.17) is 0 Å². The van der Waals surface area contributed by atoms with E-state index < -0.39 is 0 Å². The molecule has 5 heteroatoms. The van der Waals surface area contributed by atoms with E-state index in [0.29, 0.717) is 16.8 Å². The molecule has 21 heavy (non-hydrogen) atoms. The summed E-state index contributed by atoms with van der Waals surface area (Å²) in [5, 5.41) is 0. The van der Waals surface area contributed by atoms with Gasteiger partial charge in [0.1, 0.15) is 0 Å². The summed E-state index contributed by atoms with van der Waals surface area (Å²) in [6.07, 6.45) is 1.65. The number of aromatic nitrogens is 1. The van der Waals surface area contributed by atoms with Gasteiger partial charge in [-0.15, -0.1) is 0 Å². The molecular formula is C16H15N3O2. The molecule has 1 aliphatic rings. The molecule has 1 aromatic heterocycles. The summed E-state index contributed by atoms with van der Waals surface area (Å²) >= 11 is 0. The Labute approximate surface area is 122 Å². The minimum absolute atomic E-state index is 0.199. The summed E-state index contributed by atoms with van der Waals surface area (Å²) in [5.74, 6) is -0.518.